The zero-order valence-electron chi connectivity index (χ0n) is 10.3. The summed E-state index contributed by atoms with van der Waals surface area (Å²) in [4.78, 5) is 14.0. The third kappa shape index (κ3) is 1.84. The number of nitrogens with zero attached hydrogens (tertiary/aromatic N) is 1. The predicted octanol–water partition coefficient (Wildman–Crippen LogP) is 2.83. The van der Waals surface area contributed by atoms with Crippen molar-refractivity contribution in [1.82, 2.24) is 4.90 Å². The summed E-state index contributed by atoms with van der Waals surface area (Å²) in [6, 6.07) is 6.28. The second-order valence-corrected chi connectivity index (χ2v) is 4.71. The average Bonchev–Trinajstić information content (AvgIpc) is 2.29. The molecule has 1 aliphatic rings. The van der Waals surface area contributed by atoms with Crippen molar-refractivity contribution in [2.75, 3.05) is 13.1 Å². The molecule has 86 valence electrons. The van der Waals surface area contributed by atoms with E-state index in [0.717, 1.165) is 25.1 Å². The van der Waals surface area contributed by atoms with Crippen molar-refractivity contribution >= 4 is 5.91 Å². The van der Waals surface area contributed by atoms with Crippen LogP contribution in [0.2, 0.25) is 0 Å². The molecule has 2 heteroatoms. The molecule has 0 N–H and O–H groups in total. The second-order valence-electron chi connectivity index (χ2n) is 4.71. The van der Waals surface area contributed by atoms with E-state index >= 15 is 0 Å². The fourth-order valence-corrected chi connectivity index (χ4v) is 2.22. The zero-order chi connectivity index (χ0) is 11.7. The average molecular weight is 217 g/mol. The fourth-order valence-electron chi connectivity index (χ4n) is 2.22. The maximum atomic E-state index is 12.1. The molecule has 0 spiro atoms. The van der Waals surface area contributed by atoms with Crippen molar-refractivity contribution in [2.45, 2.75) is 33.1 Å². The minimum atomic E-state index is 0.194. The summed E-state index contributed by atoms with van der Waals surface area (Å²) >= 11 is 0. The Hall–Kier alpha value is -1.31. The zero-order valence-corrected chi connectivity index (χ0v) is 10.3. The maximum absolute atomic E-state index is 12.1. The van der Waals surface area contributed by atoms with E-state index in [0.29, 0.717) is 5.92 Å². The monoisotopic (exact) mass is 217 g/mol. The van der Waals surface area contributed by atoms with Gasteiger partial charge in [0, 0.05) is 18.7 Å². The second kappa shape index (κ2) is 4.28. The highest BCUT2D eigenvalue weighted by molar-refractivity contribution is 5.96. The van der Waals surface area contributed by atoms with Crippen LogP contribution in [0.4, 0.5) is 0 Å². The van der Waals surface area contributed by atoms with Crippen molar-refractivity contribution in [1.29, 1.82) is 0 Å². The van der Waals surface area contributed by atoms with Crippen molar-refractivity contribution in [3.8, 4) is 0 Å². The van der Waals surface area contributed by atoms with E-state index in [1.54, 1.807) is 0 Å². The van der Waals surface area contributed by atoms with Crippen LogP contribution < -0.4 is 0 Å². The molecule has 1 aromatic carbocycles. The lowest BCUT2D eigenvalue weighted by atomic mass is 9.93. The van der Waals surface area contributed by atoms with Gasteiger partial charge in [-0.3, -0.25) is 4.79 Å². The van der Waals surface area contributed by atoms with E-state index in [9.17, 15) is 4.79 Å². The SMILES string of the molecule is CCN1CCc2cc(C(C)C)ccc2C1=O. The molecule has 0 unspecified atom stereocenters. The van der Waals surface area contributed by atoms with Crippen molar-refractivity contribution in [3.05, 3.63) is 34.9 Å². The van der Waals surface area contributed by atoms with Crippen molar-refractivity contribution < 1.29 is 4.79 Å². The maximum Gasteiger partial charge on any atom is 0.254 e. The van der Waals surface area contributed by atoms with Crippen molar-refractivity contribution in [3.63, 3.8) is 0 Å². The van der Waals surface area contributed by atoms with Gasteiger partial charge >= 0.3 is 0 Å². The van der Waals surface area contributed by atoms with E-state index in [4.69, 9.17) is 0 Å². The minimum Gasteiger partial charge on any atom is -0.339 e. The van der Waals surface area contributed by atoms with Gasteiger partial charge < -0.3 is 4.90 Å². The third-order valence-corrected chi connectivity index (χ3v) is 3.35. The van der Waals surface area contributed by atoms with Gasteiger partial charge in [0.25, 0.3) is 5.91 Å². The summed E-state index contributed by atoms with van der Waals surface area (Å²) in [6.07, 6.45) is 0.996. The first-order chi connectivity index (χ1) is 7.63. The Morgan fingerprint density at radius 2 is 2.12 bits per heavy atom. The van der Waals surface area contributed by atoms with Gasteiger partial charge in [0.05, 0.1) is 0 Å². The Bertz CT molecular complexity index is 409. The Labute approximate surface area is 97.3 Å². The van der Waals surface area contributed by atoms with Crippen LogP contribution in [0.15, 0.2) is 18.2 Å². The molecule has 0 saturated carbocycles. The number of fused-ring (bicyclic) bond motifs is 1. The van der Waals surface area contributed by atoms with Gasteiger partial charge in [-0.05, 0) is 36.5 Å². The first kappa shape index (κ1) is 11.2. The number of carbonyl (C=O) groups excluding carboxylic acids is 1. The van der Waals surface area contributed by atoms with E-state index in [1.165, 1.54) is 11.1 Å². The highest BCUT2D eigenvalue weighted by Crippen LogP contribution is 2.23. The number of likely N-dealkylation sites (N-methyl/N-ethyl adjacent to an activating group) is 1. The quantitative estimate of drug-likeness (QED) is 0.746. The highest BCUT2D eigenvalue weighted by Gasteiger charge is 2.23. The lowest BCUT2D eigenvalue weighted by molar-refractivity contribution is 0.0749. The van der Waals surface area contributed by atoms with Crippen LogP contribution in [0, 0.1) is 0 Å². The van der Waals surface area contributed by atoms with Crippen molar-refractivity contribution in [2.24, 2.45) is 0 Å². The number of carbonyl (C=O) groups is 1. The molecular weight excluding hydrogens is 198 g/mol. The standard InChI is InChI=1S/C14H19NO/c1-4-15-8-7-12-9-11(10(2)3)5-6-13(12)14(15)16/h5-6,9-10H,4,7-8H2,1-3H3. The van der Waals surface area contributed by atoms with Crippen LogP contribution in [0.3, 0.4) is 0 Å². The first-order valence-electron chi connectivity index (χ1n) is 6.05. The number of hydrogen-bond acceptors (Lipinski definition) is 1. The number of rotatable bonds is 2. The van der Waals surface area contributed by atoms with Crippen LogP contribution >= 0.6 is 0 Å². The van der Waals surface area contributed by atoms with Crippen LogP contribution in [-0.4, -0.2) is 23.9 Å². The predicted molar refractivity (Wildman–Crippen MR) is 65.8 cm³/mol. The Morgan fingerprint density at radius 3 is 2.75 bits per heavy atom. The number of benzene rings is 1. The smallest absolute Gasteiger partial charge is 0.254 e. The molecule has 2 rings (SSSR count). The Kier molecular flexibility index (Phi) is 2.99. The number of hydrogen-bond donors (Lipinski definition) is 0. The molecule has 0 aliphatic carbocycles. The molecule has 1 amide bonds. The lowest BCUT2D eigenvalue weighted by Crippen LogP contribution is -2.37. The molecule has 2 nitrogen and oxygen atoms in total. The van der Waals surface area contributed by atoms with Gasteiger partial charge in [0.15, 0.2) is 0 Å². The normalized spacial score (nSPS) is 15.5. The van der Waals surface area contributed by atoms with Gasteiger partial charge in [-0.15, -0.1) is 0 Å². The molecule has 0 fully saturated rings. The fraction of sp³-hybridized carbons (Fsp3) is 0.500. The molecule has 0 radical (unpaired) electrons. The molecule has 1 heterocycles. The highest BCUT2D eigenvalue weighted by atomic mass is 16.2. The molecular formula is C14H19NO. The van der Waals surface area contributed by atoms with E-state index in [2.05, 4.69) is 26.0 Å². The summed E-state index contributed by atoms with van der Waals surface area (Å²) < 4.78 is 0. The summed E-state index contributed by atoms with van der Waals surface area (Å²) in [5.74, 6) is 0.726. The summed E-state index contributed by atoms with van der Waals surface area (Å²) in [6.45, 7) is 8.08. The molecule has 0 bridgehead atoms. The Morgan fingerprint density at radius 1 is 1.38 bits per heavy atom. The molecule has 0 atom stereocenters. The first-order valence-corrected chi connectivity index (χ1v) is 6.05. The molecule has 0 saturated heterocycles. The number of amides is 1. The van der Waals surface area contributed by atoms with Gasteiger partial charge in [0.1, 0.15) is 0 Å². The van der Waals surface area contributed by atoms with Gasteiger partial charge in [-0.2, -0.15) is 0 Å². The van der Waals surface area contributed by atoms with E-state index in [1.807, 2.05) is 17.9 Å². The van der Waals surface area contributed by atoms with E-state index < -0.39 is 0 Å². The van der Waals surface area contributed by atoms with Crippen LogP contribution in [0.5, 0.6) is 0 Å². The van der Waals surface area contributed by atoms with Crippen LogP contribution in [0.1, 0.15) is 48.2 Å². The topological polar surface area (TPSA) is 20.3 Å². The summed E-state index contributed by atoms with van der Waals surface area (Å²) in [5.41, 5.74) is 3.45. The molecule has 16 heavy (non-hydrogen) atoms. The van der Waals surface area contributed by atoms with Crippen LogP contribution in [-0.2, 0) is 6.42 Å². The summed E-state index contributed by atoms with van der Waals surface area (Å²) in [7, 11) is 0. The molecule has 0 aromatic heterocycles. The molecule has 1 aromatic rings. The van der Waals surface area contributed by atoms with Crippen LogP contribution in [0.25, 0.3) is 0 Å². The largest absolute Gasteiger partial charge is 0.339 e. The van der Waals surface area contributed by atoms with E-state index in [-0.39, 0.29) is 5.91 Å². The van der Waals surface area contributed by atoms with Gasteiger partial charge in [-0.25, -0.2) is 0 Å². The summed E-state index contributed by atoms with van der Waals surface area (Å²) in [5, 5.41) is 0. The lowest BCUT2D eigenvalue weighted by Gasteiger charge is -2.28. The molecule has 1 aliphatic heterocycles. The van der Waals surface area contributed by atoms with Gasteiger partial charge in [-0.1, -0.05) is 26.0 Å². The Balaban J connectivity index is 2.37. The third-order valence-electron chi connectivity index (χ3n) is 3.35. The minimum absolute atomic E-state index is 0.194. The van der Waals surface area contributed by atoms with Gasteiger partial charge in [0.2, 0.25) is 0 Å².